The molecule has 0 spiro atoms. The monoisotopic (exact) mass is 492 g/mol. The summed E-state index contributed by atoms with van der Waals surface area (Å²) in [6.45, 7) is 4.01. The van der Waals surface area contributed by atoms with Gasteiger partial charge in [0.2, 0.25) is 5.88 Å². The molecule has 1 N–H and O–H groups in total. The second kappa shape index (κ2) is 12.3. The molecule has 1 saturated carbocycles. The van der Waals surface area contributed by atoms with Crippen molar-refractivity contribution in [3.63, 3.8) is 0 Å². The zero-order valence-corrected chi connectivity index (χ0v) is 20.2. The first-order chi connectivity index (χ1) is 16.9. The van der Waals surface area contributed by atoms with Crippen LogP contribution in [0.3, 0.4) is 0 Å². The Morgan fingerprint density at radius 3 is 2.71 bits per heavy atom. The lowest BCUT2D eigenvalue weighted by Gasteiger charge is -2.30. The minimum Gasteiger partial charge on any atom is -0.472 e. The molecule has 0 radical (unpaired) electrons. The number of rotatable bonds is 10. The Hall–Kier alpha value is -2.75. The van der Waals surface area contributed by atoms with Gasteiger partial charge in [0.25, 0.3) is 18.2 Å². The number of carbonyl (C=O) groups excluding carboxylic acids is 1. The molecule has 1 aliphatic carbocycles. The minimum atomic E-state index is -2.50. The van der Waals surface area contributed by atoms with E-state index in [9.17, 15) is 13.6 Å². The predicted molar refractivity (Wildman–Crippen MR) is 125 cm³/mol. The maximum absolute atomic E-state index is 12.4. The molecule has 4 rings (SSSR count). The molecule has 3 heterocycles. The Bertz CT molecular complexity index is 963. The fraction of sp³-hybridized carbons (Fsp3) is 0.640. The van der Waals surface area contributed by atoms with E-state index in [0.29, 0.717) is 17.6 Å². The molecule has 2 aromatic rings. The highest BCUT2D eigenvalue weighted by Crippen LogP contribution is 2.28. The van der Waals surface area contributed by atoms with Gasteiger partial charge in [-0.15, -0.1) is 0 Å². The van der Waals surface area contributed by atoms with E-state index >= 15 is 0 Å². The van der Waals surface area contributed by atoms with Crippen molar-refractivity contribution in [2.75, 3.05) is 32.8 Å². The first-order valence-corrected chi connectivity index (χ1v) is 12.4. The second-order valence-electron chi connectivity index (χ2n) is 9.44. The summed E-state index contributed by atoms with van der Waals surface area (Å²) in [4.78, 5) is 19.1. The van der Waals surface area contributed by atoms with E-state index in [-0.39, 0.29) is 24.4 Å². The Kier molecular flexibility index (Phi) is 8.90. The zero-order chi connectivity index (χ0) is 24.6. The highest BCUT2D eigenvalue weighted by Gasteiger charge is 2.24. The molecule has 8 nitrogen and oxygen atoms in total. The molecule has 0 aromatic carbocycles. The van der Waals surface area contributed by atoms with Crippen molar-refractivity contribution in [2.45, 2.75) is 64.3 Å². The molecule has 192 valence electrons. The zero-order valence-electron chi connectivity index (χ0n) is 20.2. The Labute approximate surface area is 204 Å². The van der Waals surface area contributed by atoms with Gasteiger partial charge in [-0.1, -0.05) is 6.07 Å². The highest BCUT2D eigenvalue weighted by molar-refractivity contribution is 5.77. The van der Waals surface area contributed by atoms with Crippen LogP contribution in [-0.4, -0.2) is 66.3 Å². The highest BCUT2D eigenvalue weighted by atomic mass is 19.3. The van der Waals surface area contributed by atoms with Gasteiger partial charge in [-0.2, -0.15) is 0 Å². The largest absolute Gasteiger partial charge is 0.472 e. The van der Waals surface area contributed by atoms with Crippen LogP contribution in [0.4, 0.5) is 8.78 Å². The van der Waals surface area contributed by atoms with Crippen LogP contribution in [0.5, 0.6) is 11.8 Å². The van der Waals surface area contributed by atoms with Gasteiger partial charge in [0, 0.05) is 43.4 Å². The average Bonchev–Trinajstić information content (AvgIpc) is 3.16. The molecule has 35 heavy (non-hydrogen) atoms. The predicted octanol–water partition coefficient (Wildman–Crippen LogP) is 3.57. The van der Waals surface area contributed by atoms with Gasteiger partial charge in [-0.3, -0.25) is 4.79 Å². The van der Waals surface area contributed by atoms with Crippen molar-refractivity contribution < 1.29 is 27.6 Å². The van der Waals surface area contributed by atoms with Crippen molar-refractivity contribution in [2.24, 2.45) is 5.92 Å². The van der Waals surface area contributed by atoms with Gasteiger partial charge in [-0.25, -0.2) is 13.8 Å². The number of halogens is 2. The van der Waals surface area contributed by atoms with Crippen molar-refractivity contribution in [1.29, 1.82) is 0 Å². The molecule has 0 atom stereocenters. The summed E-state index contributed by atoms with van der Waals surface area (Å²) >= 11 is 0. The standard InChI is InChI=1S/C25H34F2N4O4/c1-17-14-25(30-35-17)34-16-23(32)28-20-5-2-18(3-6-20)8-11-31-12-9-19-4-7-24(33-15-22(26)27)29-21(19)10-13-31/h4,7,14,18,20,22H,2-3,5-6,8-13,15-16H2,1H3,(H,28,32). The number of aryl methyl sites for hydroxylation is 1. The number of aromatic nitrogens is 2. The number of amides is 1. The third-order valence-electron chi connectivity index (χ3n) is 6.79. The van der Waals surface area contributed by atoms with Crippen LogP contribution in [0.25, 0.3) is 0 Å². The van der Waals surface area contributed by atoms with Gasteiger partial charge in [0.1, 0.15) is 5.76 Å². The van der Waals surface area contributed by atoms with E-state index in [0.717, 1.165) is 70.3 Å². The van der Waals surface area contributed by atoms with E-state index in [1.807, 2.05) is 6.07 Å². The van der Waals surface area contributed by atoms with Crippen molar-refractivity contribution >= 4 is 5.91 Å². The number of fused-ring (bicyclic) bond motifs is 1. The molecule has 0 unspecified atom stereocenters. The number of ether oxygens (including phenoxy) is 2. The lowest BCUT2D eigenvalue weighted by Crippen LogP contribution is -2.40. The van der Waals surface area contributed by atoms with Gasteiger partial charge in [0.05, 0.1) is 0 Å². The number of pyridine rings is 1. The SMILES string of the molecule is Cc1cc(OCC(=O)NC2CCC(CCN3CCc4ccc(OCC(F)F)nc4CC3)CC2)no1. The van der Waals surface area contributed by atoms with Gasteiger partial charge in [0.15, 0.2) is 13.2 Å². The molecule has 2 aliphatic rings. The summed E-state index contributed by atoms with van der Waals surface area (Å²) < 4.78 is 40.2. The third-order valence-corrected chi connectivity index (χ3v) is 6.79. The van der Waals surface area contributed by atoms with Crippen LogP contribution in [0.2, 0.25) is 0 Å². The molecule has 1 aliphatic heterocycles. The first-order valence-electron chi connectivity index (χ1n) is 12.4. The molecular formula is C25H34F2N4O4. The van der Waals surface area contributed by atoms with Crippen molar-refractivity contribution in [1.82, 2.24) is 20.4 Å². The lowest BCUT2D eigenvalue weighted by molar-refractivity contribution is -0.124. The smallest absolute Gasteiger partial charge is 0.272 e. The van der Waals surface area contributed by atoms with E-state index in [2.05, 4.69) is 20.4 Å². The first kappa shape index (κ1) is 25.3. The average molecular weight is 493 g/mol. The number of carbonyl (C=O) groups is 1. The van der Waals surface area contributed by atoms with E-state index in [1.165, 1.54) is 5.56 Å². The summed E-state index contributed by atoms with van der Waals surface area (Å²) in [5.74, 6) is 1.78. The second-order valence-corrected chi connectivity index (χ2v) is 9.44. The molecule has 1 amide bonds. The summed E-state index contributed by atoms with van der Waals surface area (Å²) in [6, 6.07) is 5.50. The molecule has 0 saturated heterocycles. The van der Waals surface area contributed by atoms with E-state index in [4.69, 9.17) is 14.0 Å². The number of nitrogens with one attached hydrogen (secondary N) is 1. The van der Waals surface area contributed by atoms with Crippen molar-refractivity contribution in [3.8, 4) is 11.8 Å². The van der Waals surface area contributed by atoms with Crippen LogP contribution in [0, 0.1) is 12.8 Å². The fourth-order valence-corrected chi connectivity index (χ4v) is 4.84. The maximum atomic E-state index is 12.4. The number of nitrogens with zero attached hydrogens (tertiary/aromatic N) is 3. The third kappa shape index (κ3) is 7.88. The number of alkyl halides is 2. The number of hydrogen-bond donors (Lipinski definition) is 1. The van der Waals surface area contributed by atoms with Crippen LogP contribution < -0.4 is 14.8 Å². The lowest BCUT2D eigenvalue weighted by atomic mass is 9.84. The molecular weight excluding hydrogens is 458 g/mol. The fourth-order valence-electron chi connectivity index (χ4n) is 4.84. The summed E-state index contributed by atoms with van der Waals surface area (Å²) in [5, 5.41) is 6.79. The molecule has 2 aromatic heterocycles. The Balaban J connectivity index is 1.13. The van der Waals surface area contributed by atoms with Gasteiger partial charge in [-0.05, 0) is 68.6 Å². The summed E-state index contributed by atoms with van der Waals surface area (Å²) in [5.41, 5.74) is 2.13. The van der Waals surface area contributed by atoms with Gasteiger partial charge < -0.3 is 24.2 Å². The normalized spacial score (nSPS) is 20.8. The molecule has 0 bridgehead atoms. The number of hydrogen-bond acceptors (Lipinski definition) is 7. The van der Waals surface area contributed by atoms with E-state index < -0.39 is 13.0 Å². The molecule has 1 fully saturated rings. The van der Waals surface area contributed by atoms with Crippen LogP contribution in [-0.2, 0) is 17.6 Å². The topological polar surface area (TPSA) is 89.7 Å². The van der Waals surface area contributed by atoms with Crippen molar-refractivity contribution in [3.05, 3.63) is 35.2 Å². The van der Waals surface area contributed by atoms with Crippen LogP contribution in [0.1, 0.15) is 49.1 Å². The summed E-state index contributed by atoms with van der Waals surface area (Å²) in [7, 11) is 0. The quantitative estimate of drug-likeness (QED) is 0.542. The molecule has 10 heteroatoms. The Morgan fingerprint density at radius 2 is 1.97 bits per heavy atom. The summed E-state index contributed by atoms with van der Waals surface area (Å²) in [6.07, 6.45) is 4.53. The Morgan fingerprint density at radius 1 is 1.17 bits per heavy atom. The van der Waals surface area contributed by atoms with E-state index in [1.54, 1.807) is 19.1 Å². The van der Waals surface area contributed by atoms with Crippen LogP contribution >= 0.6 is 0 Å². The van der Waals surface area contributed by atoms with Gasteiger partial charge >= 0.3 is 0 Å². The minimum absolute atomic E-state index is 0.0576. The maximum Gasteiger partial charge on any atom is 0.272 e. The van der Waals surface area contributed by atoms with Crippen LogP contribution in [0.15, 0.2) is 22.7 Å².